The molecular formula is C17H21NO. The monoisotopic (exact) mass is 255 g/mol. The van der Waals surface area contributed by atoms with Gasteiger partial charge in [-0.1, -0.05) is 36.2 Å². The topological polar surface area (TPSA) is 22.0 Å². The summed E-state index contributed by atoms with van der Waals surface area (Å²) in [6.07, 6.45) is 5.48. The van der Waals surface area contributed by atoms with Gasteiger partial charge in [-0.05, 0) is 31.9 Å². The van der Waals surface area contributed by atoms with Crippen LogP contribution in [0.3, 0.4) is 0 Å². The van der Waals surface area contributed by atoms with Gasteiger partial charge >= 0.3 is 0 Å². The Bertz CT molecular complexity index is 560. The maximum atomic E-state index is 11.8. The SMILES string of the molecule is CCCC(=O)c1ccn(Cc2cc(C)cc(C)c2)c1. The van der Waals surface area contributed by atoms with E-state index in [0.29, 0.717) is 6.42 Å². The zero-order valence-electron chi connectivity index (χ0n) is 11.9. The van der Waals surface area contributed by atoms with Crippen molar-refractivity contribution in [1.82, 2.24) is 4.57 Å². The Morgan fingerprint density at radius 2 is 1.84 bits per heavy atom. The summed E-state index contributed by atoms with van der Waals surface area (Å²) >= 11 is 0. The zero-order chi connectivity index (χ0) is 13.8. The molecule has 0 unspecified atom stereocenters. The second-order valence-electron chi connectivity index (χ2n) is 5.24. The summed E-state index contributed by atoms with van der Waals surface area (Å²) in [4.78, 5) is 11.8. The van der Waals surface area contributed by atoms with Crippen LogP contribution in [0, 0.1) is 13.8 Å². The first kappa shape index (κ1) is 13.6. The summed E-state index contributed by atoms with van der Waals surface area (Å²) in [7, 11) is 0. The van der Waals surface area contributed by atoms with Gasteiger partial charge in [-0.2, -0.15) is 0 Å². The van der Waals surface area contributed by atoms with Gasteiger partial charge in [0.15, 0.2) is 5.78 Å². The Morgan fingerprint density at radius 3 is 2.47 bits per heavy atom. The van der Waals surface area contributed by atoms with E-state index < -0.39 is 0 Å². The van der Waals surface area contributed by atoms with E-state index in [1.165, 1.54) is 16.7 Å². The predicted molar refractivity (Wildman–Crippen MR) is 78.7 cm³/mol. The minimum Gasteiger partial charge on any atom is -0.349 e. The van der Waals surface area contributed by atoms with Crippen LogP contribution in [-0.2, 0) is 6.54 Å². The van der Waals surface area contributed by atoms with Crippen LogP contribution in [0.25, 0.3) is 0 Å². The lowest BCUT2D eigenvalue weighted by Crippen LogP contribution is -1.99. The molecule has 2 nitrogen and oxygen atoms in total. The lowest BCUT2D eigenvalue weighted by atomic mass is 10.1. The number of ketones is 1. The highest BCUT2D eigenvalue weighted by Gasteiger charge is 2.06. The van der Waals surface area contributed by atoms with Gasteiger partial charge in [0, 0.05) is 30.9 Å². The number of hydrogen-bond acceptors (Lipinski definition) is 1. The zero-order valence-corrected chi connectivity index (χ0v) is 11.9. The molecule has 2 rings (SSSR count). The van der Waals surface area contributed by atoms with Crippen molar-refractivity contribution >= 4 is 5.78 Å². The van der Waals surface area contributed by atoms with Gasteiger partial charge in [-0.25, -0.2) is 0 Å². The molecule has 1 heterocycles. The number of carbonyl (C=O) groups is 1. The molecule has 0 spiro atoms. The van der Waals surface area contributed by atoms with Crippen molar-refractivity contribution in [1.29, 1.82) is 0 Å². The largest absolute Gasteiger partial charge is 0.349 e. The molecule has 0 bridgehead atoms. The highest BCUT2D eigenvalue weighted by atomic mass is 16.1. The minimum atomic E-state index is 0.238. The molecule has 19 heavy (non-hydrogen) atoms. The summed E-state index contributed by atoms with van der Waals surface area (Å²) in [5, 5.41) is 0. The number of benzene rings is 1. The van der Waals surface area contributed by atoms with Crippen LogP contribution >= 0.6 is 0 Å². The summed E-state index contributed by atoms with van der Waals surface area (Å²) in [5.74, 6) is 0.238. The molecule has 0 aliphatic carbocycles. The van der Waals surface area contributed by atoms with Crippen LogP contribution in [-0.4, -0.2) is 10.4 Å². The third kappa shape index (κ3) is 3.57. The van der Waals surface area contributed by atoms with Crippen LogP contribution in [0.5, 0.6) is 0 Å². The highest BCUT2D eigenvalue weighted by Crippen LogP contribution is 2.12. The standard InChI is InChI=1S/C17H21NO/c1-4-5-17(19)16-6-7-18(12-16)11-15-9-13(2)8-14(3)10-15/h6-10,12H,4-5,11H2,1-3H3. The fourth-order valence-corrected chi connectivity index (χ4v) is 2.45. The summed E-state index contributed by atoms with van der Waals surface area (Å²) in [5.41, 5.74) is 4.67. The molecule has 0 N–H and O–H groups in total. The van der Waals surface area contributed by atoms with Gasteiger partial charge in [0.05, 0.1) is 0 Å². The van der Waals surface area contributed by atoms with Crippen molar-refractivity contribution in [2.45, 2.75) is 40.2 Å². The van der Waals surface area contributed by atoms with E-state index in [-0.39, 0.29) is 5.78 Å². The average Bonchev–Trinajstić information content (AvgIpc) is 2.76. The van der Waals surface area contributed by atoms with Crippen LogP contribution < -0.4 is 0 Å². The molecule has 0 saturated heterocycles. The van der Waals surface area contributed by atoms with Gasteiger partial charge in [-0.15, -0.1) is 0 Å². The fraction of sp³-hybridized carbons (Fsp3) is 0.353. The first-order chi connectivity index (χ1) is 9.08. The van der Waals surface area contributed by atoms with Crippen molar-refractivity contribution in [2.75, 3.05) is 0 Å². The van der Waals surface area contributed by atoms with Gasteiger partial charge in [0.1, 0.15) is 0 Å². The molecule has 1 aromatic carbocycles. The number of carbonyl (C=O) groups excluding carboxylic acids is 1. The molecule has 0 radical (unpaired) electrons. The van der Waals surface area contributed by atoms with Gasteiger partial charge < -0.3 is 4.57 Å². The first-order valence-electron chi connectivity index (χ1n) is 6.84. The molecule has 2 aromatic rings. The van der Waals surface area contributed by atoms with Crippen LogP contribution in [0.2, 0.25) is 0 Å². The summed E-state index contributed by atoms with van der Waals surface area (Å²) in [6, 6.07) is 8.48. The molecule has 1 aromatic heterocycles. The van der Waals surface area contributed by atoms with E-state index in [2.05, 4.69) is 36.6 Å². The number of nitrogens with zero attached hydrogens (tertiary/aromatic N) is 1. The third-order valence-corrected chi connectivity index (χ3v) is 3.20. The molecular weight excluding hydrogens is 234 g/mol. The van der Waals surface area contributed by atoms with E-state index in [1.807, 2.05) is 25.4 Å². The number of Topliss-reactive ketones (excluding diaryl/α,β-unsaturated/α-hetero) is 1. The maximum absolute atomic E-state index is 11.8. The van der Waals surface area contributed by atoms with Crippen molar-refractivity contribution in [3.8, 4) is 0 Å². The van der Waals surface area contributed by atoms with Gasteiger partial charge in [0.2, 0.25) is 0 Å². The van der Waals surface area contributed by atoms with Crippen molar-refractivity contribution in [3.63, 3.8) is 0 Å². The number of aryl methyl sites for hydroxylation is 2. The lowest BCUT2D eigenvalue weighted by molar-refractivity contribution is 0.0981. The molecule has 0 saturated carbocycles. The Balaban J connectivity index is 2.13. The first-order valence-corrected chi connectivity index (χ1v) is 6.84. The quantitative estimate of drug-likeness (QED) is 0.736. The van der Waals surface area contributed by atoms with E-state index in [0.717, 1.165) is 18.5 Å². The highest BCUT2D eigenvalue weighted by molar-refractivity contribution is 5.95. The minimum absolute atomic E-state index is 0.238. The summed E-state index contributed by atoms with van der Waals surface area (Å²) < 4.78 is 2.08. The maximum Gasteiger partial charge on any atom is 0.164 e. The Labute approximate surface area is 115 Å². The van der Waals surface area contributed by atoms with Crippen molar-refractivity contribution < 1.29 is 4.79 Å². The van der Waals surface area contributed by atoms with Crippen LogP contribution in [0.15, 0.2) is 36.7 Å². The van der Waals surface area contributed by atoms with E-state index in [4.69, 9.17) is 0 Å². The predicted octanol–water partition coefficient (Wildman–Crippen LogP) is 4.14. The Morgan fingerprint density at radius 1 is 1.16 bits per heavy atom. The molecule has 100 valence electrons. The van der Waals surface area contributed by atoms with Gasteiger partial charge in [-0.3, -0.25) is 4.79 Å². The molecule has 0 atom stereocenters. The normalized spacial score (nSPS) is 10.7. The number of aromatic nitrogens is 1. The fourth-order valence-electron chi connectivity index (χ4n) is 2.45. The van der Waals surface area contributed by atoms with Crippen molar-refractivity contribution in [2.24, 2.45) is 0 Å². The molecule has 0 amide bonds. The average molecular weight is 255 g/mol. The lowest BCUT2D eigenvalue weighted by Gasteiger charge is -2.06. The smallest absolute Gasteiger partial charge is 0.164 e. The molecule has 0 aliphatic rings. The van der Waals surface area contributed by atoms with Crippen LogP contribution in [0.1, 0.15) is 46.8 Å². The second-order valence-corrected chi connectivity index (χ2v) is 5.24. The van der Waals surface area contributed by atoms with E-state index in [1.54, 1.807) is 0 Å². The second kappa shape index (κ2) is 5.87. The number of rotatable bonds is 5. The summed E-state index contributed by atoms with van der Waals surface area (Å²) in [6.45, 7) is 7.08. The van der Waals surface area contributed by atoms with E-state index >= 15 is 0 Å². The van der Waals surface area contributed by atoms with Crippen LogP contribution in [0.4, 0.5) is 0 Å². The Hall–Kier alpha value is -1.83. The number of hydrogen-bond donors (Lipinski definition) is 0. The molecule has 0 fully saturated rings. The third-order valence-electron chi connectivity index (χ3n) is 3.20. The van der Waals surface area contributed by atoms with Crippen molar-refractivity contribution in [3.05, 3.63) is 58.9 Å². The van der Waals surface area contributed by atoms with Gasteiger partial charge in [0.25, 0.3) is 0 Å². The Kier molecular flexibility index (Phi) is 4.20. The molecule has 2 heteroatoms. The van der Waals surface area contributed by atoms with E-state index in [9.17, 15) is 4.79 Å². The molecule has 0 aliphatic heterocycles.